The lowest BCUT2D eigenvalue weighted by Crippen LogP contribution is -2.34. The normalized spacial score (nSPS) is 12.3. The molecule has 2 rings (SSSR count). The van der Waals surface area contributed by atoms with Crippen molar-refractivity contribution >= 4 is 11.8 Å². The summed E-state index contributed by atoms with van der Waals surface area (Å²) in [7, 11) is 1.39. The maximum Gasteiger partial charge on any atom is 0.405 e. The van der Waals surface area contributed by atoms with E-state index >= 15 is 0 Å². The van der Waals surface area contributed by atoms with Crippen molar-refractivity contribution in [2.45, 2.75) is 19.2 Å². The minimum atomic E-state index is -4.53. The van der Waals surface area contributed by atoms with E-state index in [0.717, 1.165) is 5.56 Å². The molecule has 140 valence electrons. The summed E-state index contributed by atoms with van der Waals surface area (Å²) < 4.78 is 42.5. The Morgan fingerprint density at radius 2 is 1.85 bits per heavy atom. The second kappa shape index (κ2) is 7.94. The van der Waals surface area contributed by atoms with Gasteiger partial charge >= 0.3 is 6.18 Å². The Bertz CT molecular complexity index is 773. The summed E-state index contributed by atoms with van der Waals surface area (Å²) >= 11 is 0. The van der Waals surface area contributed by atoms with Crippen LogP contribution < -0.4 is 15.4 Å². The molecule has 3 N–H and O–H groups in total. The Morgan fingerprint density at radius 3 is 2.42 bits per heavy atom. The molecule has 2 aromatic rings. The summed E-state index contributed by atoms with van der Waals surface area (Å²) in [6, 6.07) is 10.3. The summed E-state index contributed by atoms with van der Waals surface area (Å²) in [6.45, 7) is 0.274. The van der Waals surface area contributed by atoms with Gasteiger partial charge in [0, 0.05) is 13.1 Å². The first-order valence-corrected chi connectivity index (χ1v) is 7.73. The Morgan fingerprint density at radius 1 is 1.19 bits per heavy atom. The van der Waals surface area contributed by atoms with Crippen molar-refractivity contribution in [2.75, 3.05) is 13.6 Å². The number of halogens is 3. The van der Waals surface area contributed by atoms with Crippen LogP contribution in [0.15, 0.2) is 36.4 Å². The molecule has 0 bridgehead atoms. The second-order valence-electron chi connectivity index (χ2n) is 5.47. The molecule has 0 saturated heterocycles. The molecule has 0 unspecified atom stereocenters. The average molecular weight is 369 g/mol. The van der Waals surface area contributed by atoms with Gasteiger partial charge in [-0.1, -0.05) is 30.3 Å². The number of H-pyrrole nitrogens is 1. The first kappa shape index (κ1) is 19.4. The molecule has 26 heavy (non-hydrogen) atoms. The van der Waals surface area contributed by atoms with Crippen LogP contribution in [0.2, 0.25) is 0 Å². The van der Waals surface area contributed by atoms with Gasteiger partial charge in [0.25, 0.3) is 11.8 Å². The molecule has 0 aliphatic heterocycles. The van der Waals surface area contributed by atoms with Crippen molar-refractivity contribution in [3.63, 3.8) is 0 Å². The number of ether oxygens (including phenoxy) is 1. The number of nitrogens with one attached hydrogen (secondary N) is 3. The molecule has 2 amide bonds. The molecule has 0 saturated carbocycles. The summed E-state index contributed by atoms with van der Waals surface area (Å²) in [5, 5.41) is 4.12. The maximum absolute atomic E-state index is 12.2. The number of carbonyl (C=O) groups is 2. The maximum atomic E-state index is 12.2. The number of aromatic amines is 1. The van der Waals surface area contributed by atoms with Crippen LogP contribution >= 0.6 is 0 Å². The van der Waals surface area contributed by atoms with E-state index < -0.39 is 30.6 Å². The summed E-state index contributed by atoms with van der Waals surface area (Å²) in [6.07, 6.45) is -4.98. The molecule has 1 atom stereocenters. The molecule has 0 radical (unpaired) electrons. The fourth-order valence-electron chi connectivity index (χ4n) is 2.20. The highest BCUT2D eigenvalue weighted by atomic mass is 19.4. The van der Waals surface area contributed by atoms with Gasteiger partial charge < -0.3 is 20.4 Å². The Labute approximate surface area is 147 Å². The van der Waals surface area contributed by atoms with Crippen molar-refractivity contribution < 1.29 is 27.5 Å². The van der Waals surface area contributed by atoms with Crippen molar-refractivity contribution in [3.05, 3.63) is 53.3 Å². The number of carbonyl (C=O) groups excluding carboxylic acids is 2. The summed E-state index contributed by atoms with van der Waals surface area (Å²) in [4.78, 5) is 26.4. The zero-order valence-corrected chi connectivity index (χ0v) is 14.1. The average Bonchev–Trinajstić information content (AvgIpc) is 3.03. The smallest absolute Gasteiger partial charge is 0.405 e. The largest absolute Gasteiger partial charge is 0.484 e. The van der Waals surface area contributed by atoms with E-state index in [1.807, 2.05) is 30.3 Å². The quantitative estimate of drug-likeness (QED) is 0.732. The third-order valence-electron chi connectivity index (χ3n) is 3.50. The van der Waals surface area contributed by atoms with Crippen LogP contribution in [-0.2, 0) is 0 Å². The van der Waals surface area contributed by atoms with Gasteiger partial charge in [0.15, 0.2) is 5.75 Å². The third kappa shape index (κ3) is 5.01. The number of rotatable bonds is 6. The van der Waals surface area contributed by atoms with Gasteiger partial charge in [-0.15, -0.1) is 0 Å². The van der Waals surface area contributed by atoms with E-state index in [9.17, 15) is 22.8 Å². The van der Waals surface area contributed by atoms with E-state index in [4.69, 9.17) is 4.74 Å². The molecule has 0 fully saturated rings. The Balaban J connectivity index is 2.23. The highest BCUT2D eigenvalue weighted by Crippen LogP contribution is 2.26. The number of benzene rings is 1. The predicted octanol–water partition coefficient (Wildman–Crippen LogP) is 2.81. The van der Waals surface area contributed by atoms with Gasteiger partial charge in [-0.25, -0.2) is 0 Å². The van der Waals surface area contributed by atoms with Gasteiger partial charge in [-0.3, -0.25) is 9.59 Å². The molecule has 1 heterocycles. The molecule has 0 aliphatic carbocycles. The lowest BCUT2D eigenvalue weighted by molar-refractivity contribution is -0.123. The zero-order chi connectivity index (χ0) is 19.3. The number of amides is 2. The van der Waals surface area contributed by atoms with Crippen LogP contribution in [0.1, 0.15) is 39.6 Å². The van der Waals surface area contributed by atoms with Crippen molar-refractivity contribution in [2.24, 2.45) is 0 Å². The zero-order valence-electron chi connectivity index (χ0n) is 14.1. The molecule has 0 aliphatic rings. The molecule has 6 nitrogen and oxygen atoms in total. The molecule has 0 spiro atoms. The molecule has 1 aromatic heterocycles. The standard InChI is InChI=1S/C17H18F3N3O3/c1-10(11-6-4-3-5-7-11)26-13-8-12(23-14(13)16(25)21-2)15(24)22-9-17(18,19)20/h3-8,10,23H,9H2,1-2H3,(H,21,25)(H,22,24)/t10-/m1/s1. The molecular weight excluding hydrogens is 351 g/mol. The monoisotopic (exact) mass is 369 g/mol. The highest BCUT2D eigenvalue weighted by Gasteiger charge is 2.29. The van der Waals surface area contributed by atoms with Gasteiger partial charge in [-0.05, 0) is 12.5 Å². The first-order chi connectivity index (χ1) is 12.2. The summed E-state index contributed by atoms with van der Waals surface area (Å²) in [5.41, 5.74) is 0.579. The minimum absolute atomic E-state index is 0.0487. The Kier molecular flexibility index (Phi) is 5.91. The fraction of sp³-hybridized carbons (Fsp3) is 0.294. The lowest BCUT2D eigenvalue weighted by Gasteiger charge is -2.14. The topological polar surface area (TPSA) is 83.2 Å². The van der Waals surface area contributed by atoms with E-state index in [2.05, 4.69) is 10.3 Å². The van der Waals surface area contributed by atoms with Crippen molar-refractivity contribution in [3.8, 4) is 5.75 Å². The van der Waals surface area contributed by atoms with Gasteiger partial charge in [-0.2, -0.15) is 13.2 Å². The minimum Gasteiger partial charge on any atom is -0.484 e. The van der Waals surface area contributed by atoms with Crippen LogP contribution in [-0.4, -0.2) is 36.6 Å². The van der Waals surface area contributed by atoms with Crippen molar-refractivity contribution in [1.29, 1.82) is 0 Å². The third-order valence-corrected chi connectivity index (χ3v) is 3.50. The number of hydrogen-bond donors (Lipinski definition) is 3. The number of hydrogen-bond acceptors (Lipinski definition) is 3. The van der Waals surface area contributed by atoms with Crippen LogP contribution in [0.4, 0.5) is 13.2 Å². The fourth-order valence-corrected chi connectivity index (χ4v) is 2.20. The predicted molar refractivity (Wildman–Crippen MR) is 88.1 cm³/mol. The van der Waals surface area contributed by atoms with Crippen LogP contribution in [0.3, 0.4) is 0 Å². The van der Waals surface area contributed by atoms with E-state index in [-0.39, 0.29) is 17.1 Å². The van der Waals surface area contributed by atoms with Gasteiger partial charge in [0.05, 0.1) is 0 Å². The number of alkyl halides is 3. The van der Waals surface area contributed by atoms with E-state index in [1.165, 1.54) is 13.1 Å². The van der Waals surface area contributed by atoms with E-state index in [1.54, 1.807) is 12.2 Å². The highest BCUT2D eigenvalue weighted by molar-refractivity contribution is 5.99. The van der Waals surface area contributed by atoms with Gasteiger partial charge in [0.1, 0.15) is 24.0 Å². The SMILES string of the molecule is CNC(=O)c1[nH]c(C(=O)NCC(F)(F)F)cc1O[C@H](C)c1ccccc1. The summed E-state index contributed by atoms with van der Waals surface area (Å²) in [5.74, 6) is -1.48. The molecule has 1 aromatic carbocycles. The number of aromatic nitrogens is 1. The molecular formula is C17H18F3N3O3. The first-order valence-electron chi connectivity index (χ1n) is 7.73. The molecule has 9 heteroatoms. The van der Waals surface area contributed by atoms with Crippen LogP contribution in [0, 0.1) is 0 Å². The van der Waals surface area contributed by atoms with Crippen molar-refractivity contribution in [1.82, 2.24) is 15.6 Å². The lowest BCUT2D eigenvalue weighted by atomic mass is 10.1. The van der Waals surface area contributed by atoms with E-state index in [0.29, 0.717) is 0 Å². The Hall–Kier alpha value is -2.97. The van der Waals surface area contributed by atoms with Crippen LogP contribution in [0.25, 0.3) is 0 Å². The van der Waals surface area contributed by atoms with Crippen LogP contribution in [0.5, 0.6) is 5.75 Å². The van der Waals surface area contributed by atoms with Gasteiger partial charge in [0.2, 0.25) is 0 Å². The second-order valence-corrected chi connectivity index (χ2v) is 5.47.